The lowest BCUT2D eigenvalue weighted by Crippen LogP contribution is -2.28. The monoisotopic (exact) mass is 303 g/mol. The molecule has 2 aromatic carbocycles. The lowest BCUT2D eigenvalue weighted by atomic mass is 10.2. The smallest absolute Gasteiger partial charge is 0.127 e. The Morgan fingerprint density at radius 3 is 2.19 bits per heavy atom. The zero-order valence-electron chi connectivity index (χ0n) is 11.7. The molecule has 1 fully saturated rings. The Morgan fingerprint density at radius 1 is 0.952 bits per heavy atom. The van der Waals surface area contributed by atoms with Gasteiger partial charge < -0.3 is 14.8 Å². The predicted octanol–water partition coefficient (Wildman–Crippen LogP) is 4.26. The molecule has 110 valence electrons. The van der Waals surface area contributed by atoms with E-state index in [4.69, 9.17) is 21.1 Å². The van der Waals surface area contributed by atoms with E-state index in [2.05, 4.69) is 5.32 Å². The molecule has 2 aromatic rings. The Labute approximate surface area is 129 Å². The van der Waals surface area contributed by atoms with Gasteiger partial charge in [0.2, 0.25) is 0 Å². The molecule has 0 aliphatic carbocycles. The van der Waals surface area contributed by atoms with Gasteiger partial charge in [0.15, 0.2) is 0 Å². The fraction of sp³-hybridized carbons (Fsp3) is 0.294. The number of nitrogens with one attached hydrogen (secondary N) is 1. The van der Waals surface area contributed by atoms with Crippen molar-refractivity contribution in [3.05, 3.63) is 53.6 Å². The third kappa shape index (κ3) is 4.13. The van der Waals surface area contributed by atoms with Crippen molar-refractivity contribution in [1.82, 2.24) is 5.32 Å². The van der Waals surface area contributed by atoms with Crippen LogP contribution in [0.3, 0.4) is 0 Å². The second-order valence-corrected chi connectivity index (χ2v) is 5.57. The summed E-state index contributed by atoms with van der Waals surface area (Å²) in [5.41, 5.74) is 0. The maximum absolute atomic E-state index is 5.85. The standard InChI is InChI=1S/C17H18ClNO2/c18-13-3-5-16(6-4-13)21-17-9-7-15(8-10-17)20-12-14-2-1-11-19-14/h3-10,14,19H,1-2,11-12H2. The molecule has 0 amide bonds. The molecule has 0 spiro atoms. The van der Waals surface area contributed by atoms with Crippen molar-refractivity contribution in [3.8, 4) is 17.2 Å². The number of hydrogen-bond acceptors (Lipinski definition) is 3. The van der Waals surface area contributed by atoms with E-state index in [0.717, 1.165) is 30.4 Å². The van der Waals surface area contributed by atoms with Crippen LogP contribution in [0.2, 0.25) is 5.02 Å². The Morgan fingerprint density at radius 2 is 1.57 bits per heavy atom. The topological polar surface area (TPSA) is 30.5 Å². The third-order valence-electron chi connectivity index (χ3n) is 3.49. The van der Waals surface area contributed by atoms with Crippen LogP contribution in [0.25, 0.3) is 0 Å². The van der Waals surface area contributed by atoms with Crippen molar-refractivity contribution in [2.75, 3.05) is 13.2 Å². The fourth-order valence-corrected chi connectivity index (χ4v) is 2.46. The summed E-state index contributed by atoms with van der Waals surface area (Å²) in [5, 5.41) is 4.12. The number of ether oxygens (including phenoxy) is 2. The summed E-state index contributed by atoms with van der Waals surface area (Å²) in [6, 6.07) is 15.5. The van der Waals surface area contributed by atoms with Crippen LogP contribution in [-0.4, -0.2) is 19.2 Å². The Balaban J connectivity index is 1.54. The molecule has 0 aromatic heterocycles. The van der Waals surface area contributed by atoms with Gasteiger partial charge in [-0.2, -0.15) is 0 Å². The van der Waals surface area contributed by atoms with Crippen LogP contribution in [0.4, 0.5) is 0 Å². The molecule has 1 saturated heterocycles. The lowest BCUT2D eigenvalue weighted by Gasteiger charge is -2.12. The van der Waals surface area contributed by atoms with Crippen LogP contribution in [0.15, 0.2) is 48.5 Å². The van der Waals surface area contributed by atoms with E-state index >= 15 is 0 Å². The molecule has 3 rings (SSSR count). The van der Waals surface area contributed by atoms with Crippen LogP contribution < -0.4 is 14.8 Å². The average Bonchev–Trinajstić information content (AvgIpc) is 3.02. The first-order chi connectivity index (χ1) is 10.3. The zero-order chi connectivity index (χ0) is 14.5. The normalized spacial score (nSPS) is 17.7. The first-order valence-electron chi connectivity index (χ1n) is 7.19. The summed E-state index contributed by atoms with van der Waals surface area (Å²) in [5.74, 6) is 2.42. The van der Waals surface area contributed by atoms with Crippen molar-refractivity contribution < 1.29 is 9.47 Å². The van der Waals surface area contributed by atoms with E-state index in [0.29, 0.717) is 11.1 Å². The van der Waals surface area contributed by atoms with Gasteiger partial charge in [-0.05, 0) is 67.9 Å². The Kier molecular flexibility index (Phi) is 4.63. The van der Waals surface area contributed by atoms with Crippen molar-refractivity contribution in [1.29, 1.82) is 0 Å². The molecule has 1 unspecified atom stereocenters. The molecule has 21 heavy (non-hydrogen) atoms. The minimum Gasteiger partial charge on any atom is -0.492 e. The highest BCUT2D eigenvalue weighted by Gasteiger charge is 2.14. The van der Waals surface area contributed by atoms with E-state index in [1.165, 1.54) is 12.8 Å². The van der Waals surface area contributed by atoms with Crippen LogP contribution in [0.5, 0.6) is 17.2 Å². The predicted molar refractivity (Wildman–Crippen MR) is 84.5 cm³/mol. The number of halogens is 1. The highest BCUT2D eigenvalue weighted by molar-refractivity contribution is 6.30. The van der Waals surface area contributed by atoms with E-state index in [1.54, 1.807) is 0 Å². The van der Waals surface area contributed by atoms with Crippen molar-refractivity contribution in [3.63, 3.8) is 0 Å². The van der Waals surface area contributed by atoms with Gasteiger partial charge in [0, 0.05) is 11.1 Å². The minimum absolute atomic E-state index is 0.481. The SMILES string of the molecule is Clc1ccc(Oc2ccc(OCC3CCCN3)cc2)cc1. The Hall–Kier alpha value is -1.71. The minimum atomic E-state index is 0.481. The summed E-state index contributed by atoms with van der Waals surface area (Å²) in [4.78, 5) is 0. The van der Waals surface area contributed by atoms with Crippen LogP contribution >= 0.6 is 11.6 Å². The second kappa shape index (κ2) is 6.83. The molecule has 3 nitrogen and oxygen atoms in total. The highest BCUT2D eigenvalue weighted by atomic mass is 35.5. The van der Waals surface area contributed by atoms with Gasteiger partial charge in [-0.3, -0.25) is 0 Å². The van der Waals surface area contributed by atoms with Gasteiger partial charge in [0.05, 0.1) is 0 Å². The molecule has 4 heteroatoms. The van der Waals surface area contributed by atoms with E-state index in [-0.39, 0.29) is 0 Å². The van der Waals surface area contributed by atoms with Gasteiger partial charge in [-0.15, -0.1) is 0 Å². The molecule has 1 aliphatic heterocycles. The number of hydrogen-bond donors (Lipinski definition) is 1. The van der Waals surface area contributed by atoms with Crippen LogP contribution in [0.1, 0.15) is 12.8 Å². The molecule has 0 radical (unpaired) electrons. The zero-order valence-corrected chi connectivity index (χ0v) is 12.5. The molecule has 1 heterocycles. The van der Waals surface area contributed by atoms with E-state index in [9.17, 15) is 0 Å². The lowest BCUT2D eigenvalue weighted by molar-refractivity contribution is 0.277. The third-order valence-corrected chi connectivity index (χ3v) is 3.74. The molecular weight excluding hydrogens is 286 g/mol. The highest BCUT2D eigenvalue weighted by Crippen LogP contribution is 2.25. The average molecular weight is 304 g/mol. The van der Waals surface area contributed by atoms with Crippen LogP contribution in [-0.2, 0) is 0 Å². The van der Waals surface area contributed by atoms with E-state index < -0.39 is 0 Å². The first kappa shape index (κ1) is 14.2. The summed E-state index contributed by atoms with van der Waals surface area (Å²) in [6.45, 7) is 1.82. The summed E-state index contributed by atoms with van der Waals surface area (Å²) >= 11 is 5.85. The summed E-state index contributed by atoms with van der Waals surface area (Å²) < 4.78 is 11.5. The number of rotatable bonds is 5. The number of benzene rings is 2. The van der Waals surface area contributed by atoms with Gasteiger partial charge in [-0.1, -0.05) is 11.6 Å². The second-order valence-electron chi connectivity index (χ2n) is 5.13. The van der Waals surface area contributed by atoms with E-state index in [1.807, 2.05) is 48.5 Å². The largest absolute Gasteiger partial charge is 0.492 e. The van der Waals surface area contributed by atoms with Gasteiger partial charge >= 0.3 is 0 Å². The van der Waals surface area contributed by atoms with Crippen LogP contribution in [0, 0.1) is 0 Å². The molecule has 1 aliphatic rings. The molecule has 1 atom stereocenters. The molecule has 1 N–H and O–H groups in total. The first-order valence-corrected chi connectivity index (χ1v) is 7.57. The molecule has 0 saturated carbocycles. The summed E-state index contributed by atoms with van der Waals surface area (Å²) in [7, 11) is 0. The van der Waals surface area contributed by atoms with Crippen molar-refractivity contribution >= 4 is 11.6 Å². The maximum atomic E-state index is 5.85. The molecule has 0 bridgehead atoms. The quantitative estimate of drug-likeness (QED) is 0.895. The van der Waals surface area contributed by atoms with Gasteiger partial charge in [0.1, 0.15) is 23.9 Å². The van der Waals surface area contributed by atoms with Crippen molar-refractivity contribution in [2.24, 2.45) is 0 Å². The fourth-order valence-electron chi connectivity index (χ4n) is 2.34. The molecular formula is C17H18ClNO2. The van der Waals surface area contributed by atoms with Crippen molar-refractivity contribution in [2.45, 2.75) is 18.9 Å². The Bertz CT molecular complexity index is 562. The maximum Gasteiger partial charge on any atom is 0.127 e. The van der Waals surface area contributed by atoms with Gasteiger partial charge in [-0.25, -0.2) is 0 Å². The summed E-state index contributed by atoms with van der Waals surface area (Å²) in [6.07, 6.45) is 2.43. The van der Waals surface area contributed by atoms with Gasteiger partial charge in [0.25, 0.3) is 0 Å².